The number of hydrogen-bond donors (Lipinski definition) is 1. The Balaban J connectivity index is 1.76. The number of esters is 1. The largest absolute Gasteiger partial charge is 0.462 e. The van der Waals surface area contributed by atoms with Crippen LogP contribution in [-0.4, -0.2) is 41.9 Å². The number of unbranched alkanes of at least 4 members (excludes halogenated alkanes) is 1. The van der Waals surface area contributed by atoms with Crippen LogP contribution in [0, 0.1) is 0 Å². The summed E-state index contributed by atoms with van der Waals surface area (Å²) in [7, 11) is 0. The molecule has 8 heteroatoms. The van der Waals surface area contributed by atoms with Gasteiger partial charge in [-0.1, -0.05) is 31.6 Å². The van der Waals surface area contributed by atoms with E-state index >= 15 is 0 Å². The number of furan rings is 1. The third-order valence-electron chi connectivity index (χ3n) is 4.55. The fourth-order valence-corrected chi connectivity index (χ4v) is 2.88. The van der Waals surface area contributed by atoms with E-state index in [1.165, 1.54) is 12.2 Å². The topological polar surface area (TPSA) is 106 Å². The van der Waals surface area contributed by atoms with E-state index in [1.54, 1.807) is 36.4 Å². The van der Waals surface area contributed by atoms with E-state index in [4.69, 9.17) is 9.15 Å². The van der Waals surface area contributed by atoms with Crippen molar-refractivity contribution in [2.45, 2.75) is 19.8 Å². The van der Waals surface area contributed by atoms with E-state index in [0.29, 0.717) is 23.5 Å². The monoisotopic (exact) mass is 422 g/mol. The van der Waals surface area contributed by atoms with Crippen molar-refractivity contribution < 1.29 is 28.3 Å². The lowest BCUT2D eigenvalue weighted by Crippen LogP contribution is -2.54. The number of urea groups is 1. The summed E-state index contributed by atoms with van der Waals surface area (Å²) >= 11 is 0. The third kappa shape index (κ3) is 4.98. The molecule has 1 aromatic heterocycles. The van der Waals surface area contributed by atoms with Crippen LogP contribution in [0.25, 0.3) is 17.4 Å². The molecule has 8 nitrogen and oxygen atoms in total. The van der Waals surface area contributed by atoms with Gasteiger partial charge < -0.3 is 9.15 Å². The number of benzene rings is 1. The van der Waals surface area contributed by atoms with Gasteiger partial charge in [-0.15, -0.1) is 6.58 Å². The molecule has 4 amide bonds. The number of ether oxygens (including phenoxy) is 1. The Morgan fingerprint density at radius 3 is 2.58 bits per heavy atom. The molecule has 160 valence electrons. The van der Waals surface area contributed by atoms with Crippen LogP contribution in [0.3, 0.4) is 0 Å². The van der Waals surface area contributed by atoms with Crippen LogP contribution in [0.2, 0.25) is 0 Å². The maximum Gasteiger partial charge on any atom is 0.338 e. The van der Waals surface area contributed by atoms with Crippen molar-refractivity contribution in [3.8, 4) is 11.3 Å². The molecule has 0 unspecified atom stereocenters. The Hall–Kier alpha value is -3.94. The van der Waals surface area contributed by atoms with Crippen LogP contribution in [-0.2, 0) is 14.3 Å². The molecule has 2 heterocycles. The maximum atomic E-state index is 12.5. The molecule has 1 N–H and O–H groups in total. The van der Waals surface area contributed by atoms with Gasteiger partial charge in [0.1, 0.15) is 17.1 Å². The quantitative estimate of drug-likeness (QED) is 0.229. The van der Waals surface area contributed by atoms with Gasteiger partial charge >= 0.3 is 12.0 Å². The maximum absolute atomic E-state index is 12.5. The van der Waals surface area contributed by atoms with E-state index in [0.717, 1.165) is 17.7 Å². The number of carbonyl (C=O) groups excluding carboxylic acids is 4. The summed E-state index contributed by atoms with van der Waals surface area (Å²) in [4.78, 5) is 49.2. The Labute approximate surface area is 179 Å². The van der Waals surface area contributed by atoms with E-state index in [-0.39, 0.29) is 23.8 Å². The molecule has 0 bridgehead atoms. The summed E-state index contributed by atoms with van der Waals surface area (Å²) in [6.45, 7) is 5.88. The molecule has 0 saturated carbocycles. The van der Waals surface area contributed by atoms with Crippen molar-refractivity contribution in [3.05, 3.63) is 65.9 Å². The molecule has 0 atom stereocenters. The minimum absolute atomic E-state index is 0.0219. The predicted molar refractivity (Wildman–Crippen MR) is 113 cm³/mol. The zero-order valence-corrected chi connectivity index (χ0v) is 17.1. The fourth-order valence-electron chi connectivity index (χ4n) is 2.88. The molecule has 0 aliphatic carbocycles. The molecule has 1 aliphatic rings. The van der Waals surface area contributed by atoms with E-state index < -0.39 is 17.8 Å². The predicted octanol–water partition coefficient (Wildman–Crippen LogP) is 3.55. The van der Waals surface area contributed by atoms with Gasteiger partial charge in [-0.2, -0.15) is 0 Å². The molecular formula is C23H22N2O6. The van der Waals surface area contributed by atoms with E-state index in [2.05, 4.69) is 11.9 Å². The fraction of sp³-hybridized carbons (Fsp3) is 0.217. The second kappa shape index (κ2) is 9.71. The van der Waals surface area contributed by atoms with Crippen molar-refractivity contribution in [1.82, 2.24) is 10.2 Å². The first kappa shape index (κ1) is 21.8. The highest BCUT2D eigenvalue weighted by Gasteiger charge is 2.35. The van der Waals surface area contributed by atoms with Crippen molar-refractivity contribution in [2.75, 3.05) is 13.2 Å². The first-order valence-corrected chi connectivity index (χ1v) is 9.81. The highest BCUT2D eigenvalue weighted by atomic mass is 16.5. The van der Waals surface area contributed by atoms with Crippen molar-refractivity contribution in [1.29, 1.82) is 0 Å². The summed E-state index contributed by atoms with van der Waals surface area (Å²) in [6.07, 6.45) is 4.43. The summed E-state index contributed by atoms with van der Waals surface area (Å²) in [6, 6.07) is 9.20. The number of imide groups is 2. The lowest BCUT2D eigenvalue weighted by atomic mass is 10.1. The normalized spacial score (nSPS) is 15.2. The molecule has 1 fully saturated rings. The van der Waals surface area contributed by atoms with Gasteiger partial charge in [-0.05, 0) is 36.8 Å². The standard InChI is InChI=1S/C23H22N2O6/c1-3-5-13-30-22(28)16-8-6-15(7-9-16)19-11-10-17(31-19)14-18-20(26)24-23(29)25(12-4-2)21(18)27/h4,6-11,14H,2-3,5,12-13H2,1H3,(H,24,26,29)/b18-14-. The first-order valence-electron chi connectivity index (χ1n) is 9.81. The second-order valence-electron chi connectivity index (χ2n) is 6.79. The lowest BCUT2D eigenvalue weighted by Gasteiger charge is -2.24. The van der Waals surface area contributed by atoms with Crippen molar-refractivity contribution in [3.63, 3.8) is 0 Å². The van der Waals surface area contributed by atoms with Crippen LogP contribution in [0.4, 0.5) is 4.79 Å². The van der Waals surface area contributed by atoms with Gasteiger partial charge in [0.2, 0.25) is 0 Å². The minimum Gasteiger partial charge on any atom is -0.462 e. The third-order valence-corrected chi connectivity index (χ3v) is 4.55. The SMILES string of the molecule is C=CCN1C(=O)NC(=O)/C(=C/c2ccc(-c3ccc(C(=O)OCCCC)cc3)o2)C1=O. The molecule has 0 spiro atoms. The Morgan fingerprint density at radius 2 is 1.90 bits per heavy atom. The van der Waals surface area contributed by atoms with Crippen LogP contribution >= 0.6 is 0 Å². The summed E-state index contributed by atoms with van der Waals surface area (Å²) in [5.41, 5.74) is 0.926. The Morgan fingerprint density at radius 1 is 1.16 bits per heavy atom. The van der Waals surface area contributed by atoms with Crippen LogP contribution < -0.4 is 5.32 Å². The zero-order chi connectivity index (χ0) is 22.4. The molecule has 1 aliphatic heterocycles. The Kier molecular flexibility index (Phi) is 6.81. The number of rotatable bonds is 8. The van der Waals surface area contributed by atoms with E-state index in [9.17, 15) is 19.2 Å². The first-order chi connectivity index (χ1) is 14.9. The number of nitrogens with one attached hydrogen (secondary N) is 1. The van der Waals surface area contributed by atoms with Crippen LogP contribution in [0.15, 0.2) is 59.0 Å². The second-order valence-corrected chi connectivity index (χ2v) is 6.79. The number of amides is 4. The van der Waals surface area contributed by atoms with Gasteiger partial charge in [0, 0.05) is 12.1 Å². The van der Waals surface area contributed by atoms with Gasteiger partial charge in [-0.25, -0.2) is 9.59 Å². The minimum atomic E-state index is -0.792. The summed E-state index contributed by atoms with van der Waals surface area (Å²) < 4.78 is 10.9. The number of carbonyl (C=O) groups is 4. The van der Waals surface area contributed by atoms with E-state index in [1.807, 2.05) is 6.92 Å². The zero-order valence-electron chi connectivity index (χ0n) is 17.1. The number of barbiturate groups is 1. The highest BCUT2D eigenvalue weighted by Crippen LogP contribution is 2.25. The van der Waals surface area contributed by atoms with Gasteiger partial charge in [-0.3, -0.25) is 19.8 Å². The summed E-state index contributed by atoms with van der Waals surface area (Å²) in [5.74, 6) is -1.15. The van der Waals surface area contributed by atoms with Gasteiger partial charge in [0.15, 0.2) is 0 Å². The van der Waals surface area contributed by atoms with Gasteiger partial charge in [0.25, 0.3) is 11.8 Å². The molecule has 1 saturated heterocycles. The number of hydrogen-bond acceptors (Lipinski definition) is 6. The average Bonchev–Trinajstić information content (AvgIpc) is 3.23. The van der Waals surface area contributed by atoms with Crippen molar-refractivity contribution in [2.24, 2.45) is 0 Å². The summed E-state index contributed by atoms with van der Waals surface area (Å²) in [5, 5.41) is 2.11. The van der Waals surface area contributed by atoms with Crippen molar-refractivity contribution >= 4 is 29.9 Å². The molecule has 2 aromatic rings. The molecule has 1 aromatic carbocycles. The van der Waals surface area contributed by atoms with Gasteiger partial charge in [0.05, 0.1) is 12.2 Å². The van der Waals surface area contributed by atoms with Crippen LogP contribution in [0.5, 0.6) is 0 Å². The smallest absolute Gasteiger partial charge is 0.338 e. The number of nitrogens with zero attached hydrogens (tertiary/aromatic N) is 1. The molecule has 31 heavy (non-hydrogen) atoms. The molecule has 3 rings (SSSR count). The lowest BCUT2D eigenvalue weighted by molar-refractivity contribution is -0.129. The highest BCUT2D eigenvalue weighted by molar-refractivity contribution is 6.30. The average molecular weight is 422 g/mol. The molecule has 0 radical (unpaired) electrons. The van der Waals surface area contributed by atoms with Crippen LogP contribution in [0.1, 0.15) is 35.9 Å². The molecular weight excluding hydrogens is 400 g/mol. The Bertz CT molecular complexity index is 1050.